The summed E-state index contributed by atoms with van der Waals surface area (Å²) in [4.78, 5) is 24.2. The van der Waals surface area contributed by atoms with Crippen molar-refractivity contribution in [2.45, 2.75) is 12.5 Å². The Morgan fingerprint density at radius 1 is 1.47 bits per heavy atom. The SMILES string of the molecule is CN1CCC(c2ccccc2C(=O)O)NC1=O. The number of aromatic carboxylic acids is 1. The third-order valence-electron chi connectivity index (χ3n) is 2.96. The van der Waals surface area contributed by atoms with Crippen LogP contribution in [-0.4, -0.2) is 35.6 Å². The third-order valence-corrected chi connectivity index (χ3v) is 2.96. The van der Waals surface area contributed by atoms with Gasteiger partial charge in [0.25, 0.3) is 0 Å². The highest BCUT2D eigenvalue weighted by Crippen LogP contribution is 2.24. The molecule has 1 heterocycles. The van der Waals surface area contributed by atoms with Crippen molar-refractivity contribution in [2.24, 2.45) is 0 Å². The van der Waals surface area contributed by atoms with Gasteiger partial charge in [0, 0.05) is 13.6 Å². The van der Waals surface area contributed by atoms with Crippen molar-refractivity contribution in [3.63, 3.8) is 0 Å². The first-order valence-electron chi connectivity index (χ1n) is 5.43. The molecule has 1 aromatic rings. The van der Waals surface area contributed by atoms with Crippen LogP contribution in [0.4, 0.5) is 4.79 Å². The second kappa shape index (κ2) is 4.45. The highest BCUT2D eigenvalue weighted by Gasteiger charge is 2.26. The lowest BCUT2D eigenvalue weighted by atomic mass is 9.97. The summed E-state index contributed by atoms with van der Waals surface area (Å²) in [5.41, 5.74) is 0.920. The zero-order valence-electron chi connectivity index (χ0n) is 9.51. The zero-order chi connectivity index (χ0) is 12.4. The Morgan fingerprint density at radius 2 is 2.18 bits per heavy atom. The average molecular weight is 234 g/mol. The summed E-state index contributed by atoms with van der Waals surface area (Å²) >= 11 is 0. The van der Waals surface area contributed by atoms with E-state index in [2.05, 4.69) is 5.32 Å². The van der Waals surface area contributed by atoms with E-state index in [1.54, 1.807) is 36.2 Å². The molecular weight excluding hydrogens is 220 g/mol. The van der Waals surface area contributed by atoms with Crippen molar-refractivity contribution in [3.8, 4) is 0 Å². The molecule has 1 fully saturated rings. The molecule has 1 aromatic carbocycles. The molecule has 1 aliphatic rings. The molecule has 5 heteroatoms. The molecule has 17 heavy (non-hydrogen) atoms. The number of carboxylic acid groups (broad SMARTS) is 1. The topological polar surface area (TPSA) is 69.6 Å². The first kappa shape index (κ1) is 11.4. The lowest BCUT2D eigenvalue weighted by molar-refractivity contribution is 0.0694. The second-order valence-corrected chi connectivity index (χ2v) is 4.10. The molecule has 0 saturated carbocycles. The molecule has 90 valence electrons. The van der Waals surface area contributed by atoms with Crippen LogP contribution in [0.2, 0.25) is 0 Å². The van der Waals surface area contributed by atoms with Gasteiger partial charge in [0.1, 0.15) is 0 Å². The minimum Gasteiger partial charge on any atom is -0.478 e. The van der Waals surface area contributed by atoms with Gasteiger partial charge in [-0.1, -0.05) is 18.2 Å². The molecule has 0 radical (unpaired) electrons. The van der Waals surface area contributed by atoms with Gasteiger partial charge < -0.3 is 15.3 Å². The number of urea groups is 1. The number of hydrogen-bond acceptors (Lipinski definition) is 2. The number of hydrogen-bond donors (Lipinski definition) is 2. The molecule has 2 rings (SSSR count). The Balaban J connectivity index is 2.29. The van der Waals surface area contributed by atoms with Gasteiger partial charge in [0.2, 0.25) is 0 Å². The normalized spacial score (nSPS) is 19.9. The Morgan fingerprint density at radius 3 is 2.82 bits per heavy atom. The summed E-state index contributed by atoms with van der Waals surface area (Å²) in [6.45, 7) is 0.629. The molecule has 1 saturated heterocycles. The summed E-state index contributed by atoms with van der Waals surface area (Å²) < 4.78 is 0. The van der Waals surface area contributed by atoms with Crippen molar-refractivity contribution >= 4 is 12.0 Å². The van der Waals surface area contributed by atoms with Crippen LogP contribution in [0, 0.1) is 0 Å². The van der Waals surface area contributed by atoms with Gasteiger partial charge in [-0.15, -0.1) is 0 Å². The molecule has 1 aliphatic heterocycles. The maximum atomic E-state index is 11.5. The van der Waals surface area contributed by atoms with Crippen molar-refractivity contribution in [1.29, 1.82) is 0 Å². The number of nitrogens with one attached hydrogen (secondary N) is 1. The van der Waals surface area contributed by atoms with Crippen molar-refractivity contribution in [3.05, 3.63) is 35.4 Å². The third kappa shape index (κ3) is 2.22. The number of carboxylic acids is 1. The zero-order valence-corrected chi connectivity index (χ0v) is 9.51. The van der Waals surface area contributed by atoms with Crippen LogP contribution in [0.3, 0.4) is 0 Å². The van der Waals surface area contributed by atoms with E-state index in [9.17, 15) is 9.59 Å². The molecular formula is C12H14N2O3. The molecule has 1 atom stereocenters. The van der Waals surface area contributed by atoms with Crippen LogP contribution in [-0.2, 0) is 0 Å². The lowest BCUT2D eigenvalue weighted by Gasteiger charge is -2.31. The predicted molar refractivity (Wildman–Crippen MR) is 61.9 cm³/mol. The smallest absolute Gasteiger partial charge is 0.336 e. The Hall–Kier alpha value is -2.04. The molecule has 0 bridgehead atoms. The van der Waals surface area contributed by atoms with Crippen LogP contribution in [0.15, 0.2) is 24.3 Å². The first-order valence-corrected chi connectivity index (χ1v) is 5.43. The first-order chi connectivity index (χ1) is 8.09. The fraction of sp³-hybridized carbons (Fsp3) is 0.333. The fourth-order valence-electron chi connectivity index (χ4n) is 1.98. The molecule has 5 nitrogen and oxygen atoms in total. The van der Waals surface area contributed by atoms with E-state index in [1.807, 2.05) is 0 Å². The average Bonchev–Trinajstić information content (AvgIpc) is 2.32. The van der Waals surface area contributed by atoms with Crippen LogP contribution in [0.1, 0.15) is 28.4 Å². The van der Waals surface area contributed by atoms with Crippen LogP contribution in [0.25, 0.3) is 0 Å². The van der Waals surface area contributed by atoms with Crippen LogP contribution < -0.4 is 5.32 Å². The van der Waals surface area contributed by atoms with E-state index >= 15 is 0 Å². The van der Waals surface area contributed by atoms with Gasteiger partial charge >= 0.3 is 12.0 Å². The number of nitrogens with zero attached hydrogens (tertiary/aromatic N) is 1. The van der Waals surface area contributed by atoms with Gasteiger partial charge in [0.15, 0.2) is 0 Å². The monoisotopic (exact) mass is 234 g/mol. The Kier molecular flexibility index (Phi) is 2.99. The number of amides is 2. The van der Waals surface area contributed by atoms with Gasteiger partial charge in [-0.05, 0) is 18.1 Å². The van der Waals surface area contributed by atoms with E-state index in [1.165, 1.54) is 0 Å². The molecule has 1 unspecified atom stereocenters. The van der Waals surface area contributed by atoms with E-state index in [0.29, 0.717) is 18.5 Å². The summed E-state index contributed by atoms with van der Waals surface area (Å²) in [6, 6.07) is 6.39. The number of carbonyl (C=O) groups is 2. The van der Waals surface area contributed by atoms with E-state index in [4.69, 9.17) is 5.11 Å². The van der Waals surface area contributed by atoms with Gasteiger partial charge in [0.05, 0.1) is 11.6 Å². The van der Waals surface area contributed by atoms with Crippen molar-refractivity contribution < 1.29 is 14.7 Å². The van der Waals surface area contributed by atoms with Crippen LogP contribution >= 0.6 is 0 Å². The highest BCUT2D eigenvalue weighted by molar-refractivity contribution is 5.90. The summed E-state index contributed by atoms with van der Waals surface area (Å²) in [5.74, 6) is -0.964. The number of benzene rings is 1. The van der Waals surface area contributed by atoms with E-state index in [0.717, 1.165) is 0 Å². The summed E-state index contributed by atoms with van der Waals surface area (Å²) in [5, 5.41) is 11.9. The van der Waals surface area contributed by atoms with Gasteiger partial charge in [-0.25, -0.2) is 9.59 Å². The molecule has 0 aromatic heterocycles. The van der Waals surface area contributed by atoms with Gasteiger partial charge in [-0.2, -0.15) is 0 Å². The van der Waals surface area contributed by atoms with Crippen molar-refractivity contribution in [1.82, 2.24) is 10.2 Å². The summed E-state index contributed by atoms with van der Waals surface area (Å²) in [7, 11) is 1.72. The minimum atomic E-state index is -0.964. The van der Waals surface area contributed by atoms with E-state index < -0.39 is 5.97 Å². The Labute approximate surface area is 99.0 Å². The fourth-order valence-corrected chi connectivity index (χ4v) is 1.98. The quantitative estimate of drug-likeness (QED) is 0.814. The van der Waals surface area contributed by atoms with Crippen LogP contribution in [0.5, 0.6) is 0 Å². The Bertz CT molecular complexity index is 459. The number of carbonyl (C=O) groups excluding carboxylic acids is 1. The molecule has 0 spiro atoms. The van der Waals surface area contributed by atoms with Crippen molar-refractivity contribution in [2.75, 3.05) is 13.6 Å². The van der Waals surface area contributed by atoms with E-state index in [-0.39, 0.29) is 17.6 Å². The van der Waals surface area contributed by atoms with Gasteiger partial charge in [-0.3, -0.25) is 0 Å². The maximum absolute atomic E-state index is 11.5. The molecule has 2 N–H and O–H groups in total. The standard InChI is InChI=1S/C12H14N2O3/c1-14-7-6-10(13-12(14)17)8-4-2-3-5-9(8)11(15)16/h2-5,10H,6-7H2,1H3,(H,13,17)(H,15,16). The summed E-state index contributed by atoms with van der Waals surface area (Å²) in [6.07, 6.45) is 0.715. The predicted octanol–water partition coefficient (Wildman–Crippen LogP) is 1.47. The maximum Gasteiger partial charge on any atom is 0.336 e. The molecule has 0 aliphatic carbocycles. The second-order valence-electron chi connectivity index (χ2n) is 4.10. The molecule has 2 amide bonds. The minimum absolute atomic E-state index is 0.165. The lowest BCUT2D eigenvalue weighted by Crippen LogP contribution is -2.46. The number of rotatable bonds is 2. The highest BCUT2D eigenvalue weighted by atomic mass is 16.4. The largest absolute Gasteiger partial charge is 0.478 e.